The molecule has 1 aliphatic heterocycles. The van der Waals surface area contributed by atoms with Crippen LogP contribution in [0.5, 0.6) is 0 Å². The molecule has 3 rings (SSSR count). The molecule has 0 aliphatic carbocycles. The lowest BCUT2D eigenvalue weighted by atomic mass is 10.0. The average molecular weight is 400 g/mol. The first-order chi connectivity index (χ1) is 11.9. The summed E-state index contributed by atoms with van der Waals surface area (Å²) in [6, 6.07) is 3.93. The van der Waals surface area contributed by atoms with Crippen molar-refractivity contribution in [3.63, 3.8) is 0 Å². The van der Waals surface area contributed by atoms with Gasteiger partial charge >= 0.3 is 0 Å². The van der Waals surface area contributed by atoms with Gasteiger partial charge in [0.05, 0.1) is 5.56 Å². The van der Waals surface area contributed by atoms with E-state index in [0.29, 0.717) is 24.4 Å². The molecule has 1 unspecified atom stereocenters. The number of primary amides is 1. The highest BCUT2D eigenvalue weighted by atomic mass is 32.2. The van der Waals surface area contributed by atoms with Crippen LogP contribution in [0.2, 0.25) is 0 Å². The number of anilines is 1. The van der Waals surface area contributed by atoms with E-state index in [2.05, 4.69) is 5.32 Å². The highest BCUT2D eigenvalue weighted by Crippen LogP contribution is 2.29. The van der Waals surface area contributed by atoms with Crippen molar-refractivity contribution in [3.8, 4) is 0 Å². The van der Waals surface area contributed by atoms with Crippen molar-refractivity contribution in [1.29, 1.82) is 0 Å². The molecule has 2 aromatic heterocycles. The molecule has 0 saturated carbocycles. The summed E-state index contributed by atoms with van der Waals surface area (Å²) < 4.78 is 27.1. The van der Waals surface area contributed by atoms with E-state index >= 15 is 0 Å². The quantitative estimate of drug-likeness (QED) is 0.802. The van der Waals surface area contributed by atoms with E-state index in [1.54, 1.807) is 16.8 Å². The summed E-state index contributed by atoms with van der Waals surface area (Å²) in [6.07, 6.45) is 1.91. The molecule has 1 atom stereocenters. The fourth-order valence-corrected chi connectivity index (χ4v) is 6.35. The van der Waals surface area contributed by atoms with Crippen LogP contribution < -0.4 is 11.1 Å². The van der Waals surface area contributed by atoms with E-state index in [9.17, 15) is 18.0 Å². The number of rotatable bonds is 5. The summed E-state index contributed by atoms with van der Waals surface area (Å²) in [5.41, 5.74) is 5.51. The lowest BCUT2D eigenvalue weighted by Gasteiger charge is -2.33. The van der Waals surface area contributed by atoms with Crippen molar-refractivity contribution in [2.75, 3.05) is 11.9 Å². The summed E-state index contributed by atoms with van der Waals surface area (Å²) >= 11 is 2.31. The third-order valence-electron chi connectivity index (χ3n) is 3.98. The zero-order chi connectivity index (χ0) is 18.0. The second-order valence-electron chi connectivity index (χ2n) is 5.58. The number of nitrogens with one attached hydrogen (secondary N) is 1. The predicted octanol–water partition coefficient (Wildman–Crippen LogP) is 2.09. The molecule has 1 fully saturated rings. The second-order valence-corrected chi connectivity index (χ2v) is 9.56. The van der Waals surface area contributed by atoms with Crippen LogP contribution in [-0.4, -0.2) is 37.1 Å². The molecule has 2 aromatic rings. The molecule has 134 valence electrons. The first-order valence-corrected chi connectivity index (χ1v) is 10.8. The SMILES string of the molecule is NC(=O)c1ccsc1NC(=O)C1CCCCN1S(=O)(=O)c1cccs1. The van der Waals surface area contributed by atoms with Crippen molar-refractivity contribution in [3.05, 3.63) is 34.5 Å². The van der Waals surface area contributed by atoms with Gasteiger partial charge in [0.15, 0.2) is 0 Å². The van der Waals surface area contributed by atoms with Crippen LogP contribution in [0.25, 0.3) is 0 Å². The van der Waals surface area contributed by atoms with Gasteiger partial charge in [0.1, 0.15) is 15.3 Å². The molecule has 7 nitrogen and oxygen atoms in total. The monoisotopic (exact) mass is 399 g/mol. The van der Waals surface area contributed by atoms with E-state index in [1.165, 1.54) is 27.8 Å². The van der Waals surface area contributed by atoms with Gasteiger partial charge in [-0.15, -0.1) is 22.7 Å². The van der Waals surface area contributed by atoms with E-state index in [4.69, 9.17) is 5.73 Å². The number of carbonyl (C=O) groups is 2. The lowest BCUT2D eigenvalue weighted by Crippen LogP contribution is -2.49. The summed E-state index contributed by atoms with van der Waals surface area (Å²) in [5, 5.41) is 6.35. The Kier molecular flexibility index (Phi) is 5.23. The molecule has 1 saturated heterocycles. The molecule has 2 amide bonds. The fraction of sp³-hybridized carbons (Fsp3) is 0.333. The molecule has 1 aliphatic rings. The smallest absolute Gasteiger partial charge is 0.253 e. The molecule has 3 N–H and O–H groups in total. The number of nitrogens with zero attached hydrogens (tertiary/aromatic N) is 1. The summed E-state index contributed by atoms with van der Waals surface area (Å²) in [4.78, 5) is 24.1. The molecule has 10 heteroatoms. The topological polar surface area (TPSA) is 110 Å². The third kappa shape index (κ3) is 3.61. The van der Waals surface area contributed by atoms with Gasteiger partial charge in [-0.1, -0.05) is 12.5 Å². The largest absolute Gasteiger partial charge is 0.366 e. The second kappa shape index (κ2) is 7.24. The predicted molar refractivity (Wildman–Crippen MR) is 97.3 cm³/mol. The number of piperidine rings is 1. The Morgan fingerprint density at radius 3 is 2.68 bits per heavy atom. The van der Waals surface area contributed by atoms with Gasteiger partial charge in [-0.2, -0.15) is 4.31 Å². The Morgan fingerprint density at radius 1 is 1.20 bits per heavy atom. The lowest BCUT2D eigenvalue weighted by molar-refractivity contribution is -0.120. The molecular weight excluding hydrogens is 382 g/mol. The van der Waals surface area contributed by atoms with Gasteiger partial charge in [0, 0.05) is 6.54 Å². The minimum Gasteiger partial charge on any atom is -0.366 e. The van der Waals surface area contributed by atoms with Crippen LogP contribution in [-0.2, 0) is 14.8 Å². The summed E-state index contributed by atoms with van der Waals surface area (Å²) in [7, 11) is -3.72. The van der Waals surface area contributed by atoms with Gasteiger partial charge in [-0.05, 0) is 35.7 Å². The fourth-order valence-electron chi connectivity index (χ4n) is 2.78. The van der Waals surface area contributed by atoms with Crippen LogP contribution in [0.3, 0.4) is 0 Å². The summed E-state index contributed by atoms with van der Waals surface area (Å²) in [6.45, 7) is 0.297. The Hall–Kier alpha value is -1.75. The molecular formula is C15H17N3O4S3. The van der Waals surface area contributed by atoms with Gasteiger partial charge in [-0.3, -0.25) is 9.59 Å². The molecule has 0 aromatic carbocycles. The van der Waals surface area contributed by atoms with Crippen molar-refractivity contribution in [2.24, 2.45) is 5.73 Å². The Balaban J connectivity index is 1.85. The van der Waals surface area contributed by atoms with Gasteiger partial charge in [-0.25, -0.2) is 8.42 Å². The van der Waals surface area contributed by atoms with Crippen molar-refractivity contribution >= 4 is 49.5 Å². The van der Waals surface area contributed by atoms with E-state index in [1.807, 2.05) is 0 Å². The number of hydrogen-bond donors (Lipinski definition) is 2. The maximum absolute atomic E-state index is 12.8. The molecule has 25 heavy (non-hydrogen) atoms. The van der Waals surface area contributed by atoms with Gasteiger partial charge in [0.2, 0.25) is 5.91 Å². The highest BCUT2D eigenvalue weighted by molar-refractivity contribution is 7.91. The number of thiophene rings is 2. The molecule has 3 heterocycles. The van der Waals surface area contributed by atoms with Crippen LogP contribution in [0.15, 0.2) is 33.2 Å². The van der Waals surface area contributed by atoms with Gasteiger partial charge in [0.25, 0.3) is 15.9 Å². The Bertz CT molecular complexity index is 874. The maximum Gasteiger partial charge on any atom is 0.253 e. The number of sulfonamides is 1. The van der Waals surface area contributed by atoms with E-state index < -0.39 is 27.9 Å². The van der Waals surface area contributed by atoms with E-state index in [-0.39, 0.29) is 9.77 Å². The first kappa shape index (κ1) is 18.1. The van der Waals surface area contributed by atoms with Crippen molar-refractivity contribution < 1.29 is 18.0 Å². The molecule has 0 spiro atoms. The Labute approximate surface area is 153 Å². The first-order valence-electron chi connectivity index (χ1n) is 7.65. The number of carbonyl (C=O) groups excluding carboxylic acids is 2. The minimum atomic E-state index is -3.72. The number of nitrogens with two attached hydrogens (primary N) is 1. The molecule has 0 bridgehead atoms. The standard InChI is InChI=1S/C15H17N3O4S3/c16-13(19)10-6-9-24-15(10)17-14(20)11-4-1-2-7-18(11)25(21,22)12-5-3-8-23-12/h3,5-6,8-9,11H,1-2,4,7H2,(H2,16,19)(H,17,20). The maximum atomic E-state index is 12.8. The summed E-state index contributed by atoms with van der Waals surface area (Å²) in [5.74, 6) is -1.08. The number of hydrogen-bond acceptors (Lipinski definition) is 6. The minimum absolute atomic E-state index is 0.223. The highest BCUT2D eigenvalue weighted by Gasteiger charge is 2.38. The van der Waals surface area contributed by atoms with Crippen molar-refractivity contribution in [1.82, 2.24) is 4.31 Å². The van der Waals surface area contributed by atoms with Crippen LogP contribution in [0.4, 0.5) is 5.00 Å². The van der Waals surface area contributed by atoms with E-state index in [0.717, 1.165) is 17.8 Å². The van der Waals surface area contributed by atoms with Crippen LogP contribution >= 0.6 is 22.7 Å². The Morgan fingerprint density at radius 2 is 2.00 bits per heavy atom. The molecule has 0 radical (unpaired) electrons. The normalized spacial score (nSPS) is 18.8. The zero-order valence-electron chi connectivity index (χ0n) is 13.2. The number of amides is 2. The third-order valence-corrected chi connectivity index (χ3v) is 8.09. The van der Waals surface area contributed by atoms with Gasteiger partial charge < -0.3 is 11.1 Å². The average Bonchev–Trinajstić information content (AvgIpc) is 3.26. The van der Waals surface area contributed by atoms with Crippen LogP contribution in [0.1, 0.15) is 29.6 Å². The zero-order valence-corrected chi connectivity index (χ0v) is 15.6. The van der Waals surface area contributed by atoms with Crippen molar-refractivity contribution in [2.45, 2.75) is 29.5 Å². The van der Waals surface area contributed by atoms with Crippen LogP contribution in [0, 0.1) is 0 Å².